The number of nitrogens with one attached hydrogen (secondary N) is 1. The number of halogens is 3. The third-order valence-electron chi connectivity index (χ3n) is 2.79. The number of ether oxygens (including phenoxy) is 1. The van der Waals surface area contributed by atoms with E-state index >= 15 is 0 Å². The quantitative estimate of drug-likeness (QED) is 0.918. The molecule has 6 heteroatoms. The van der Waals surface area contributed by atoms with Gasteiger partial charge in [0.1, 0.15) is 12.4 Å². The molecule has 0 amide bonds. The lowest BCUT2D eigenvalue weighted by Crippen LogP contribution is -2.08. The summed E-state index contributed by atoms with van der Waals surface area (Å²) in [6.07, 6.45) is -4.33. The van der Waals surface area contributed by atoms with E-state index in [1.165, 1.54) is 12.1 Å². The van der Waals surface area contributed by atoms with Gasteiger partial charge in [0, 0.05) is 6.54 Å². The molecule has 1 aromatic heterocycles. The minimum atomic E-state index is -4.33. The second kappa shape index (κ2) is 6.58. The molecule has 0 bridgehead atoms. The lowest BCUT2D eigenvalue weighted by atomic mass is 10.2. The van der Waals surface area contributed by atoms with Crippen molar-refractivity contribution in [2.24, 2.45) is 0 Å². The smallest absolute Gasteiger partial charge is 0.416 e. The van der Waals surface area contributed by atoms with Crippen LogP contribution in [0.15, 0.2) is 42.5 Å². The maximum Gasteiger partial charge on any atom is 0.416 e. The molecular weight excluding hydrogens is 281 g/mol. The van der Waals surface area contributed by atoms with Gasteiger partial charge < -0.3 is 10.1 Å². The van der Waals surface area contributed by atoms with E-state index in [2.05, 4.69) is 10.3 Å². The van der Waals surface area contributed by atoms with Gasteiger partial charge in [-0.25, -0.2) is 0 Å². The number of hydrogen-bond acceptors (Lipinski definition) is 3. The van der Waals surface area contributed by atoms with Crippen molar-refractivity contribution in [2.45, 2.75) is 19.3 Å². The van der Waals surface area contributed by atoms with Crippen LogP contribution in [0.25, 0.3) is 0 Å². The predicted molar refractivity (Wildman–Crippen MR) is 72.8 cm³/mol. The van der Waals surface area contributed by atoms with Gasteiger partial charge in [-0.3, -0.25) is 4.98 Å². The Balaban J connectivity index is 1.98. The van der Waals surface area contributed by atoms with Crippen LogP contribution in [0.1, 0.15) is 17.0 Å². The van der Waals surface area contributed by atoms with Crippen LogP contribution in [0, 0.1) is 0 Å². The number of rotatable bonds is 5. The standard InChI is InChI=1S/C15H15F3N2O/c1-19-9-12-3-2-4-13(20-12)10-21-14-7-5-11(6-8-14)15(16,17)18/h2-8,19H,9-10H2,1H3. The van der Waals surface area contributed by atoms with Gasteiger partial charge in [-0.15, -0.1) is 0 Å². The fourth-order valence-corrected chi connectivity index (χ4v) is 1.79. The van der Waals surface area contributed by atoms with Crippen LogP contribution in [0.5, 0.6) is 5.75 Å². The van der Waals surface area contributed by atoms with Crippen LogP contribution in [0.3, 0.4) is 0 Å². The molecule has 1 heterocycles. The zero-order valence-electron chi connectivity index (χ0n) is 11.4. The van der Waals surface area contributed by atoms with E-state index in [1.807, 2.05) is 25.2 Å². The van der Waals surface area contributed by atoms with E-state index in [9.17, 15) is 13.2 Å². The summed E-state index contributed by atoms with van der Waals surface area (Å²) in [5.74, 6) is 0.379. The average Bonchev–Trinajstić information content (AvgIpc) is 2.45. The fourth-order valence-electron chi connectivity index (χ4n) is 1.79. The van der Waals surface area contributed by atoms with Gasteiger partial charge in [-0.2, -0.15) is 13.2 Å². The van der Waals surface area contributed by atoms with Gasteiger partial charge in [0.15, 0.2) is 0 Å². The van der Waals surface area contributed by atoms with Gasteiger partial charge in [0.25, 0.3) is 0 Å². The van der Waals surface area contributed by atoms with Gasteiger partial charge in [0.2, 0.25) is 0 Å². The number of alkyl halides is 3. The van der Waals surface area contributed by atoms with Crippen molar-refractivity contribution in [1.29, 1.82) is 0 Å². The van der Waals surface area contributed by atoms with Crippen LogP contribution in [0.2, 0.25) is 0 Å². The molecule has 21 heavy (non-hydrogen) atoms. The van der Waals surface area contributed by atoms with Gasteiger partial charge in [0.05, 0.1) is 17.0 Å². The number of hydrogen-bond donors (Lipinski definition) is 1. The molecular formula is C15H15F3N2O. The first kappa shape index (κ1) is 15.3. The van der Waals surface area contributed by atoms with Crippen molar-refractivity contribution in [3.63, 3.8) is 0 Å². The van der Waals surface area contributed by atoms with Crippen LogP contribution in [-0.4, -0.2) is 12.0 Å². The summed E-state index contributed by atoms with van der Waals surface area (Å²) < 4.78 is 42.7. The lowest BCUT2D eigenvalue weighted by Gasteiger charge is -2.09. The van der Waals surface area contributed by atoms with E-state index in [0.717, 1.165) is 23.5 Å². The number of aromatic nitrogens is 1. The minimum Gasteiger partial charge on any atom is -0.487 e. The van der Waals surface area contributed by atoms with Crippen molar-refractivity contribution in [3.05, 3.63) is 59.4 Å². The molecule has 1 aromatic carbocycles. The molecule has 2 aromatic rings. The number of pyridine rings is 1. The SMILES string of the molecule is CNCc1cccc(COc2ccc(C(F)(F)F)cc2)n1. The first-order valence-electron chi connectivity index (χ1n) is 6.38. The minimum absolute atomic E-state index is 0.211. The Bertz CT molecular complexity index is 582. The highest BCUT2D eigenvalue weighted by molar-refractivity contribution is 5.29. The highest BCUT2D eigenvalue weighted by Gasteiger charge is 2.29. The average molecular weight is 296 g/mol. The maximum atomic E-state index is 12.4. The van der Waals surface area contributed by atoms with Gasteiger partial charge in [-0.05, 0) is 43.4 Å². The molecule has 0 fully saturated rings. The van der Waals surface area contributed by atoms with E-state index in [0.29, 0.717) is 12.3 Å². The van der Waals surface area contributed by atoms with Crippen LogP contribution < -0.4 is 10.1 Å². The third kappa shape index (κ3) is 4.46. The molecule has 0 radical (unpaired) electrons. The zero-order chi connectivity index (χ0) is 15.3. The van der Waals surface area contributed by atoms with E-state index < -0.39 is 11.7 Å². The molecule has 0 aliphatic heterocycles. The monoisotopic (exact) mass is 296 g/mol. The molecule has 0 unspecified atom stereocenters. The summed E-state index contributed by atoms with van der Waals surface area (Å²) >= 11 is 0. The van der Waals surface area contributed by atoms with Crippen molar-refractivity contribution in [3.8, 4) is 5.75 Å². The van der Waals surface area contributed by atoms with Crippen molar-refractivity contribution in [1.82, 2.24) is 10.3 Å². The summed E-state index contributed by atoms with van der Waals surface area (Å²) in [5.41, 5.74) is 0.914. The Morgan fingerprint density at radius 1 is 1.05 bits per heavy atom. The maximum absolute atomic E-state index is 12.4. The number of nitrogens with zero attached hydrogens (tertiary/aromatic N) is 1. The van der Waals surface area contributed by atoms with Crippen LogP contribution in [-0.2, 0) is 19.3 Å². The predicted octanol–water partition coefficient (Wildman–Crippen LogP) is 3.40. The normalized spacial score (nSPS) is 11.4. The molecule has 1 N–H and O–H groups in total. The van der Waals surface area contributed by atoms with Gasteiger partial charge >= 0.3 is 6.18 Å². The molecule has 0 aliphatic rings. The second-order valence-corrected chi connectivity index (χ2v) is 4.46. The molecule has 0 aliphatic carbocycles. The molecule has 2 rings (SSSR count). The van der Waals surface area contributed by atoms with E-state index in [-0.39, 0.29) is 6.61 Å². The van der Waals surface area contributed by atoms with Crippen molar-refractivity contribution in [2.75, 3.05) is 7.05 Å². The summed E-state index contributed by atoms with van der Waals surface area (Å²) in [5, 5.41) is 3.00. The molecule has 0 saturated carbocycles. The first-order chi connectivity index (χ1) is 9.99. The van der Waals surface area contributed by atoms with Crippen molar-refractivity contribution >= 4 is 0 Å². The molecule has 0 saturated heterocycles. The molecule has 0 atom stereocenters. The van der Waals surface area contributed by atoms with E-state index in [4.69, 9.17) is 4.74 Å². The Morgan fingerprint density at radius 3 is 2.33 bits per heavy atom. The summed E-state index contributed by atoms with van der Waals surface area (Å²) in [6.45, 7) is 0.858. The largest absolute Gasteiger partial charge is 0.487 e. The zero-order valence-corrected chi connectivity index (χ0v) is 11.4. The second-order valence-electron chi connectivity index (χ2n) is 4.46. The molecule has 0 spiro atoms. The van der Waals surface area contributed by atoms with Crippen molar-refractivity contribution < 1.29 is 17.9 Å². The fraction of sp³-hybridized carbons (Fsp3) is 0.267. The van der Waals surface area contributed by atoms with E-state index in [1.54, 1.807) is 0 Å². The Hall–Kier alpha value is -2.08. The van der Waals surface area contributed by atoms with Crippen LogP contribution in [0.4, 0.5) is 13.2 Å². The highest BCUT2D eigenvalue weighted by Crippen LogP contribution is 2.30. The Kier molecular flexibility index (Phi) is 4.80. The van der Waals surface area contributed by atoms with Crippen LogP contribution >= 0.6 is 0 Å². The summed E-state index contributed by atoms with van der Waals surface area (Å²) in [6, 6.07) is 10.2. The molecule has 3 nitrogen and oxygen atoms in total. The van der Waals surface area contributed by atoms with Gasteiger partial charge in [-0.1, -0.05) is 6.07 Å². The Labute approximate surface area is 120 Å². The number of benzene rings is 1. The lowest BCUT2D eigenvalue weighted by molar-refractivity contribution is -0.137. The third-order valence-corrected chi connectivity index (χ3v) is 2.79. The first-order valence-corrected chi connectivity index (χ1v) is 6.38. The molecule has 112 valence electrons. The highest BCUT2D eigenvalue weighted by atomic mass is 19.4. The summed E-state index contributed by atoms with van der Waals surface area (Å²) in [4.78, 5) is 4.37. The Morgan fingerprint density at radius 2 is 1.71 bits per heavy atom. The topological polar surface area (TPSA) is 34.1 Å². The summed E-state index contributed by atoms with van der Waals surface area (Å²) in [7, 11) is 1.83.